The van der Waals surface area contributed by atoms with Crippen LogP contribution in [0.5, 0.6) is 0 Å². The van der Waals surface area contributed by atoms with Crippen LogP contribution in [0, 0.1) is 6.92 Å². The molecule has 152 valence electrons. The van der Waals surface area contributed by atoms with Crippen molar-refractivity contribution in [1.29, 1.82) is 0 Å². The summed E-state index contributed by atoms with van der Waals surface area (Å²) in [5.74, 6) is 0.0352. The predicted molar refractivity (Wildman–Crippen MR) is 124 cm³/mol. The molecule has 1 unspecified atom stereocenters. The minimum Gasteiger partial charge on any atom is -0.360 e. The van der Waals surface area contributed by atoms with Gasteiger partial charge in [-0.05, 0) is 30.2 Å². The molecule has 31 heavy (non-hydrogen) atoms. The van der Waals surface area contributed by atoms with Crippen molar-refractivity contribution in [3.63, 3.8) is 0 Å². The zero-order chi connectivity index (χ0) is 21.2. The lowest BCUT2D eigenvalue weighted by Crippen LogP contribution is -2.11. The van der Waals surface area contributed by atoms with Gasteiger partial charge in [0.25, 0.3) is 0 Å². The highest BCUT2D eigenvalue weighted by Gasteiger charge is 2.27. The van der Waals surface area contributed by atoms with Gasteiger partial charge in [-0.15, -0.1) is 10.2 Å². The topological polar surface area (TPSA) is 63.6 Å². The second kappa shape index (κ2) is 8.24. The molecule has 5 nitrogen and oxygen atoms in total. The van der Waals surface area contributed by atoms with Crippen LogP contribution in [0.25, 0.3) is 16.6 Å². The molecule has 5 rings (SSSR count). The quantitative estimate of drug-likeness (QED) is 0.277. The van der Waals surface area contributed by atoms with Crippen LogP contribution in [0.2, 0.25) is 0 Å². The van der Waals surface area contributed by atoms with Gasteiger partial charge in [0.15, 0.2) is 10.9 Å². The Labute approximate surface area is 184 Å². The van der Waals surface area contributed by atoms with Crippen LogP contribution in [-0.4, -0.2) is 25.5 Å². The Kier molecular flexibility index (Phi) is 5.14. The van der Waals surface area contributed by atoms with Crippen LogP contribution < -0.4 is 0 Å². The molecule has 6 heteroatoms. The summed E-state index contributed by atoms with van der Waals surface area (Å²) in [7, 11) is 0. The molecule has 3 aromatic carbocycles. The van der Waals surface area contributed by atoms with E-state index in [1.54, 1.807) is 12.5 Å². The van der Waals surface area contributed by atoms with Gasteiger partial charge in [0.05, 0.1) is 5.69 Å². The molecule has 0 amide bonds. The van der Waals surface area contributed by atoms with Crippen molar-refractivity contribution >= 4 is 28.4 Å². The van der Waals surface area contributed by atoms with E-state index in [1.807, 2.05) is 77.4 Å². The molecule has 0 fully saturated rings. The number of aromatic amines is 1. The van der Waals surface area contributed by atoms with Gasteiger partial charge in [-0.2, -0.15) is 0 Å². The first-order valence-electron chi connectivity index (χ1n) is 10.0. The Bertz CT molecular complexity index is 1360. The number of nitrogens with one attached hydrogen (secondary N) is 1. The number of aromatic nitrogens is 4. The highest BCUT2D eigenvalue weighted by atomic mass is 32.2. The predicted octanol–water partition coefficient (Wildman–Crippen LogP) is 5.77. The minimum absolute atomic E-state index is 0.0352. The van der Waals surface area contributed by atoms with E-state index in [0.29, 0.717) is 10.7 Å². The van der Waals surface area contributed by atoms with Crippen LogP contribution in [0.1, 0.15) is 26.7 Å². The van der Waals surface area contributed by atoms with Crippen molar-refractivity contribution < 1.29 is 4.79 Å². The van der Waals surface area contributed by atoms with E-state index >= 15 is 0 Å². The van der Waals surface area contributed by atoms with Crippen LogP contribution in [-0.2, 0) is 0 Å². The Morgan fingerprint density at radius 2 is 1.71 bits per heavy atom. The maximum absolute atomic E-state index is 13.8. The third kappa shape index (κ3) is 3.66. The van der Waals surface area contributed by atoms with Gasteiger partial charge < -0.3 is 4.98 Å². The third-order valence-corrected chi connectivity index (χ3v) is 6.52. The van der Waals surface area contributed by atoms with Crippen LogP contribution in [0.15, 0.2) is 96.5 Å². The zero-order valence-electron chi connectivity index (χ0n) is 16.9. The normalized spacial score (nSPS) is 12.2. The van der Waals surface area contributed by atoms with Gasteiger partial charge in [-0.1, -0.05) is 78.5 Å². The van der Waals surface area contributed by atoms with E-state index < -0.39 is 5.25 Å². The summed E-state index contributed by atoms with van der Waals surface area (Å²) in [6, 6.07) is 25.8. The van der Waals surface area contributed by atoms with Gasteiger partial charge in [0.2, 0.25) is 0 Å². The van der Waals surface area contributed by atoms with Crippen molar-refractivity contribution in [3.8, 4) is 5.69 Å². The SMILES string of the molecule is Cc1ccccc1-n1cnnc1SC(C(=O)c1c[nH]c2ccccc12)c1ccccc1. The summed E-state index contributed by atoms with van der Waals surface area (Å²) in [6.07, 6.45) is 3.50. The second-order valence-corrected chi connectivity index (χ2v) is 8.36. The lowest BCUT2D eigenvalue weighted by atomic mass is 10.0. The molecule has 1 atom stereocenters. The minimum atomic E-state index is -0.452. The largest absolute Gasteiger partial charge is 0.360 e. The average molecular weight is 425 g/mol. The fourth-order valence-corrected chi connectivity index (χ4v) is 4.82. The van der Waals surface area contributed by atoms with Crippen molar-refractivity contribution in [2.24, 2.45) is 0 Å². The molecule has 0 aliphatic rings. The Morgan fingerprint density at radius 3 is 2.55 bits per heavy atom. The van der Waals surface area contributed by atoms with E-state index in [4.69, 9.17) is 0 Å². The number of Topliss-reactive ketones (excluding diaryl/α,β-unsaturated/α-hetero) is 1. The van der Waals surface area contributed by atoms with Gasteiger partial charge in [-0.25, -0.2) is 0 Å². The number of nitrogens with zero attached hydrogens (tertiary/aromatic N) is 3. The monoisotopic (exact) mass is 424 g/mol. The van der Waals surface area contributed by atoms with E-state index in [9.17, 15) is 4.79 Å². The number of thioether (sulfide) groups is 1. The molecule has 0 spiro atoms. The van der Waals surface area contributed by atoms with Crippen LogP contribution >= 0.6 is 11.8 Å². The molecule has 2 aromatic heterocycles. The van der Waals surface area contributed by atoms with E-state index in [-0.39, 0.29) is 5.78 Å². The van der Waals surface area contributed by atoms with Gasteiger partial charge in [-0.3, -0.25) is 9.36 Å². The molecule has 0 aliphatic heterocycles. The number of H-pyrrole nitrogens is 1. The van der Waals surface area contributed by atoms with E-state index in [2.05, 4.69) is 28.2 Å². The standard InChI is InChI=1S/C25H20N4OS/c1-17-9-5-8-14-22(17)29-16-27-28-25(29)31-24(18-10-3-2-4-11-18)23(30)20-15-26-21-13-7-6-12-19(20)21/h2-16,24,26H,1H3. The summed E-state index contributed by atoms with van der Waals surface area (Å²) in [5, 5.41) is 9.62. The molecular formula is C25H20N4OS. The summed E-state index contributed by atoms with van der Waals surface area (Å²) in [4.78, 5) is 17.0. The molecule has 1 N–H and O–H groups in total. The number of fused-ring (bicyclic) bond motifs is 1. The number of carbonyl (C=O) groups is 1. The van der Waals surface area contributed by atoms with Crippen molar-refractivity contribution in [3.05, 3.63) is 108 Å². The molecule has 2 heterocycles. The van der Waals surface area contributed by atoms with Crippen molar-refractivity contribution in [2.45, 2.75) is 17.3 Å². The Hall–Kier alpha value is -3.64. The Balaban J connectivity index is 1.57. The summed E-state index contributed by atoms with van der Waals surface area (Å²) >= 11 is 1.42. The maximum atomic E-state index is 13.8. The molecular weight excluding hydrogens is 404 g/mol. The van der Waals surface area contributed by atoms with Gasteiger partial charge in [0, 0.05) is 22.7 Å². The summed E-state index contributed by atoms with van der Waals surface area (Å²) in [6.45, 7) is 2.05. The lowest BCUT2D eigenvalue weighted by molar-refractivity contribution is 0.0991. The van der Waals surface area contributed by atoms with Crippen LogP contribution in [0.4, 0.5) is 0 Å². The smallest absolute Gasteiger partial charge is 0.196 e. The van der Waals surface area contributed by atoms with Gasteiger partial charge >= 0.3 is 0 Å². The first-order valence-corrected chi connectivity index (χ1v) is 10.9. The number of benzene rings is 3. The zero-order valence-corrected chi connectivity index (χ0v) is 17.7. The number of hydrogen-bond acceptors (Lipinski definition) is 4. The van der Waals surface area contributed by atoms with Crippen LogP contribution in [0.3, 0.4) is 0 Å². The number of rotatable bonds is 6. The number of aryl methyl sites for hydroxylation is 1. The number of hydrogen-bond donors (Lipinski definition) is 1. The fourth-order valence-electron chi connectivity index (χ4n) is 3.73. The lowest BCUT2D eigenvalue weighted by Gasteiger charge is -2.16. The summed E-state index contributed by atoms with van der Waals surface area (Å²) < 4.78 is 1.94. The highest BCUT2D eigenvalue weighted by Crippen LogP contribution is 2.39. The van der Waals surface area contributed by atoms with E-state index in [0.717, 1.165) is 27.7 Å². The third-order valence-electron chi connectivity index (χ3n) is 5.31. The highest BCUT2D eigenvalue weighted by molar-refractivity contribution is 8.00. The number of para-hydroxylation sites is 2. The number of ketones is 1. The number of carbonyl (C=O) groups excluding carboxylic acids is 1. The summed E-state index contributed by atoms with van der Waals surface area (Å²) in [5.41, 5.74) is 4.68. The first kappa shape index (κ1) is 19.3. The van der Waals surface area contributed by atoms with Gasteiger partial charge in [0.1, 0.15) is 11.6 Å². The van der Waals surface area contributed by atoms with E-state index in [1.165, 1.54) is 11.8 Å². The second-order valence-electron chi connectivity index (χ2n) is 7.29. The molecule has 0 radical (unpaired) electrons. The van der Waals surface area contributed by atoms with Crippen molar-refractivity contribution in [1.82, 2.24) is 19.7 Å². The average Bonchev–Trinajstić information content (AvgIpc) is 3.45. The molecule has 0 saturated carbocycles. The molecule has 0 aliphatic carbocycles. The van der Waals surface area contributed by atoms with Crippen molar-refractivity contribution in [2.75, 3.05) is 0 Å². The fraction of sp³-hybridized carbons (Fsp3) is 0.0800. The molecule has 0 saturated heterocycles. The Morgan fingerprint density at radius 1 is 0.968 bits per heavy atom. The molecule has 0 bridgehead atoms. The first-order chi connectivity index (χ1) is 15.2. The maximum Gasteiger partial charge on any atom is 0.196 e. The molecule has 5 aromatic rings.